The Kier molecular flexibility index (Phi) is 6.64. The van der Waals surface area contributed by atoms with Crippen LogP contribution in [0.5, 0.6) is 0 Å². The Bertz CT molecular complexity index is 995. The quantitative estimate of drug-likeness (QED) is 0.480. The molecule has 0 bridgehead atoms. The first kappa shape index (κ1) is 24.2. The molecule has 0 saturated heterocycles. The molecular formula is C24H36N2O6S. The highest BCUT2D eigenvalue weighted by Crippen LogP contribution is 2.53. The fourth-order valence-electron chi connectivity index (χ4n) is 5.20. The predicted molar refractivity (Wildman–Crippen MR) is 122 cm³/mol. The summed E-state index contributed by atoms with van der Waals surface area (Å²) >= 11 is 0. The van der Waals surface area contributed by atoms with Crippen molar-refractivity contribution >= 4 is 21.9 Å². The SMILES string of the molecule is CC(C)(C)CC1CC(c2onc([C@@H](CCC(=O)O)CC(=O)NS(=O)(=O)C3CC3)c2C2CC2)C1. The van der Waals surface area contributed by atoms with Crippen molar-refractivity contribution in [2.45, 2.75) is 108 Å². The maximum Gasteiger partial charge on any atom is 0.303 e. The predicted octanol–water partition coefficient (Wildman–Crippen LogP) is 4.43. The third-order valence-corrected chi connectivity index (χ3v) is 8.88. The molecule has 1 atom stereocenters. The Morgan fingerprint density at radius 3 is 2.36 bits per heavy atom. The average Bonchev–Trinajstić information content (AvgIpc) is 3.56. The monoisotopic (exact) mass is 480 g/mol. The molecule has 0 spiro atoms. The van der Waals surface area contributed by atoms with E-state index in [2.05, 4.69) is 30.6 Å². The molecule has 3 saturated carbocycles. The topological polar surface area (TPSA) is 127 Å². The van der Waals surface area contributed by atoms with Crippen LogP contribution >= 0.6 is 0 Å². The van der Waals surface area contributed by atoms with E-state index in [-0.39, 0.29) is 24.7 Å². The molecule has 1 aromatic rings. The van der Waals surface area contributed by atoms with Gasteiger partial charge in [-0.15, -0.1) is 0 Å². The van der Waals surface area contributed by atoms with Crippen LogP contribution in [0.2, 0.25) is 0 Å². The molecule has 33 heavy (non-hydrogen) atoms. The number of rotatable bonds is 11. The van der Waals surface area contributed by atoms with Gasteiger partial charge in [-0.3, -0.25) is 14.3 Å². The Labute approximate surface area is 195 Å². The summed E-state index contributed by atoms with van der Waals surface area (Å²) in [5.74, 6) is 0.200. The summed E-state index contributed by atoms with van der Waals surface area (Å²) < 4.78 is 32.4. The normalized spacial score (nSPS) is 24.2. The van der Waals surface area contributed by atoms with Crippen molar-refractivity contribution in [1.29, 1.82) is 0 Å². The lowest BCUT2D eigenvalue weighted by molar-refractivity contribution is -0.137. The van der Waals surface area contributed by atoms with E-state index in [1.807, 2.05) is 0 Å². The number of hydrogen-bond donors (Lipinski definition) is 2. The van der Waals surface area contributed by atoms with Gasteiger partial charge in [-0.2, -0.15) is 0 Å². The zero-order valence-corrected chi connectivity index (χ0v) is 20.6. The summed E-state index contributed by atoms with van der Waals surface area (Å²) in [6, 6.07) is 0. The number of aliphatic carboxylic acids is 1. The largest absolute Gasteiger partial charge is 0.481 e. The lowest BCUT2D eigenvalue weighted by Gasteiger charge is -2.38. The fraction of sp³-hybridized carbons (Fsp3) is 0.792. The number of nitrogens with zero attached hydrogens (tertiary/aromatic N) is 1. The van der Waals surface area contributed by atoms with Crippen LogP contribution in [0.4, 0.5) is 0 Å². The summed E-state index contributed by atoms with van der Waals surface area (Å²) in [5.41, 5.74) is 2.01. The van der Waals surface area contributed by atoms with E-state index >= 15 is 0 Å². The number of carbonyl (C=O) groups excluding carboxylic acids is 1. The molecule has 2 N–H and O–H groups in total. The highest BCUT2D eigenvalue weighted by molar-refractivity contribution is 7.90. The molecule has 184 valence electrons. The molecule has 0 aromatic carbocycles. The minimum atomic E-state index is -3.64. The van der Waals surface area contributed by atoms with Gasteiger partial charge in [0.15, 0.2) is 0 Å². The number of carbonyl (C=O) groups is 2. The Hall–Kier alpha value is -1.90. The smallest absolute Gasteiger partial charge is 0.303 e. The number of hydrogen-bond acceptors (Lipinski definition) is 6. The van der Waals surface area contributed by atoms with Crippen molar-refractivity contribution in [2.75, 3.05) is 0 Å². The Balaban J connectivity index is 1.50. The van der Waals surface area contributed by atoms with Gasteiger partial charge in [0.1, 0.15) is 5.76 Å². The molecular weight excluding hydrogens is 444 g/mol. The van der Waals surface area contributed by atoms with Gasteiger partial charge in [0.25, 0.3) is 0 Å². The number of sulfonamides is 1. The van der Waals surface area contributed by atoms with Gasteiger partial charge in [-0.1, -0.05) is 25.9 Å². The third-order valence-electron chi connectivity index (χ3n) is 7.02. The van der Waals surface area contributed by atoms with E-state index in [0.29, 0.717) is 36.3 Å². The minimum absolute atomic E-state index is 0.109. The van der Waals surface area contributed by atoms with Crippen molar-refractivity contribution in [1.82, 2.24) is 9.88 Å². The standard InChI is InChI=1S/C24H36N2O6S/c1-24(2,3)13-14-10-17(11-14)23-21(15-4-5-15)22(25-32-23)16(6-9-20(28)29)12-19(27)26-33(30,31)18-7-8-18/h14-18H,4-13H2,1-3H3,(H,26,27)(H,28,29)/t14?,16-,17?/m0/s1. The number of carboxylic acid groups (broad SMARTS) is 1. The molecule has 0 unspecified atom stereocenters. The lowest BCUT2D eigenvalue weighted by atomic mass is 9.66. The highest BCUT2D eigenvalue weighted by Gasteiger charge is 2.43. The van der Waals surface area contributed by atoms with Gasteiger partial charge in [0.05, 0.1) is 10.9 Å². The summed E-state index contributed by atoms with van der Waals surface area (Å²) in [6.45, 7) is 6.76. The van der Waals surface area contributed by atoms with Crippen molar-refractivity contribution in [3.63, 3.8) is 0 Å². The molecule has 4 rings (SSSR count). The third kappa shape index (κ3) is 6.16. The van der Waals surface area contributed by atoms with Gasteiger partial charge in [0.2, 0.25) is 15.9 Å². The maximum absolute atomic E-state index is 12.6. The first-order valence-corrected chi connectivity index (χ1v) is 13.7. The van der Waals surface area contributed by atoms with E-state index in [4.69, 9.17) is 4.52 Å². The van der Waals surface area contributed by atoms with Crippen LogP contribution in [-0.4, -0.2) is 35.8 Å². The second kappa shape index (κ2) is 9.04. The fourth-order valence-corrected chi connectivity index (χ4v) is 6.52. The highest BCUT2D eigenvalue weighted by atomic mass is 32.2. The van der Waals surface area contributed by atoms with Crippen LogP contribution in [0.15, 0.2) is 4.52 Å². The second-order valence-corrected chi connectivity index (χ2v) is 13.5. The molecule has 0 radical (unpaired) electrons. The van der Waals surface area contributed by atoms with Crippen LogP contribution in [0.3, 0.4) is 0 Å². The molecule has 9 heteroatoms. The van der Waals surface area contributed by atoms with Crippen molar-refractivity contribution in [3.05, 3.63) is 17.0 Å². The summed E-state index contributed by atoms with van der Waals surface area (Å²) in [4.78, 5) is 23.9. The van der Waals surface area contributed by atoms with Crippen LogP contribution in [0.25, 0.3) is 0 Å². The molecule has 1 heterocycles. The zero-order valence-electron chi connectivity index (χ0n) is 19.8. The molecule has 1 amide bonds. The molecule has 3 aliphatic carbocycles. The molecule has 3 aliphatic rings. The van der Waals surface area contributed by atoms with E-state index in [9.17, 15) is 23.1 Å². The van der Waals surface area contributed by atoms with E-state index < -0.39 is 33.1 Å². The van der Waals surface area contributed by atoms with E-state index in [0.717, 1.165) is 37.0 Å². The first-order chi connectivity index (χ1) is 15.4. The summed E-state index contributed by atoms with van der Waals surface area (Å²) in [5, 5.41) is 13.1. The van der Waals surface area contributed by atoms with Gasteiger partial charge in [-0.25, -0.2) is 8.42 Å². The molecule has 3 fully saturated rings. The van der Waals surface area contributed by atoms with Gasteiger partial charge >= 0.3 is 5.97 Å². The molecule has 8 nitrogen and oxygen atoms in total. The van der Waals surface area contributed by atoms with Crippen LogP contribution in [0, 0.1) is 11.3 Å². The first-order valence-electron chi connectivity index (χ1n) is 12.2. The summed E-state index contributed by atoms with van der Waals surface area (Å²) in [7, 11) is -3.64. The Morgan fingerprint density at radius 1 is 1.15 bits per heavy atom. The van der Waals surface area contributed by atoms with Gasteiger partial charge in [-0.05, 0) is 68.6 Å². The number of nitrogens with one attached hydrogen (secondary N) is 1. The van der Waals surface area contributed by atoms with Crippen LogP contribution < -0.4 is 4.72 Å². The molecule has 0 aliphatic heterocycles. The zero-order chi connectivity index (χ0) is 24.0. The minimum Gasteiger partial charge on any atom is -0.481 e. The maximum atomic E-state index is 12.6. The lowest BCUT2D eigenvalue weighted by Crippen LogP contribution is -2.34. The van der Waals surface area contributed by atoms with E-state index in [1.165, 1.54) is 6.42 Å². The Morgan fingerprint density at radius 2 is 1.82 bits per heavy atom. The molecule has 1 aromatic heterocycles. The summed E-state index contributed by atoms with van der Waals surface area (Å²) in [6.07, 6.45) is 6.49. The van der Waals surface area contributed by atoms with Crippen molar-refractivity contribution < 1.29 is 27.6 Å². The van der Waals surface area contributed by atoms with E-state index in [1.54, 1.807) is 0 Å². The van der Waals surface area contributed by atoms with Crippen molar-refractivity contribution in [3.8, 4) is 0 Å². The average molecular weight is 481 g/mol. The van der Waals surface area contributed by atoms with Crippen LogP contribution in [0.1, 0.15) is 120 Å². The second-order valence-electron chi connectivity index (χ2n) is 11.5. The van der Waals surface area contributed by atoms with Gasteiger partial charge in [0, 0.05) is 30.2 Å². The van der Waals surface area contributed by atoms with Gasteiger partial charge < -0.3 is 9.63 Å². The van der Waals surface area contributed by atoms with Crippen LogP contribution in [-0.2, 0) is 19.6 Å². The number of amides is 1. The van der Waals surface area contributed by atoms with Crippen molar-refractivity contribution in [2.24, 2.45) is 11.3 Å². The number of aromatic nitrogens is 1. The number of carboxylic acids is 1.